The van der Waals surface area contributed by atoms with E-state index in [0.29, 0.717) is 11.8 Å². The van der Waals surface area contributed by atoms with Crippen LogP contribution in [0.5, 0.6) is 0 Å². The molecular formula is C12H21N3O2. The maximum Gasteiger partial charge on any atom is 0.246 e. The fraction of sp³-hybridized carbons (Fsp3) is 0.833. The number of nitrogens with one attached hydrogen (secondary N) is 1. The van der Waals surface area contributed by atoms with Gasteiger partial charge in [0, 0.05) is 19.6 Å². The van der Waals surface area contributed by atoms with Crippen molar-refractivity contribution in [1.29, 1.82) is 0 Å². The van der Waals surface area contributed by atoms with Crippen LogP contribution in [0.1, 0.15) is 38.9 Å². The Morgan fingerprint density at radius 2 is 2.29 bits per heavy atom. The van der Waals surface area contributed by atoms with Gasteiger partial charge in [0.2, 0.25) is 5.89 Å². The van der Waals surface area contributed by atoms with Crippen molar-refractivity contribution >= 4 is 0 Å². The van der Waals surface area contributed by atoms with Crippen molar-refractivity contribution in [3.05, 3.63) is 11.7 Å². The smallest absolute Gasteiger partial charge is 0.246 e. The predicted octanol–water partition coefficient (Wildman–Crippen LogP) is 1.49. The number of ether oxygens (including phenoxy) is 1. The summed E-state index contributed by atoms with van der Waals surface area (Å²) in [5.74, 6) is 2.00. The SMILES string of the molecule is CCNC(C)(C)c1nc(CC2CCOC2)no1. The summed E-state index contributed by atoms with van der Waals surface area (Å²) in [4.78, 5) is 4.47. The minimum Gasteiger partial charge on any atom is -0.381 e. The molecule has 1 saturated heterocycles. The molecule has 17 heavy (non-hydrogen) atoms. The molecule has 96 valence electrons. The van der Waals surface area contributed by atoms with E-state index in [-0.39, 0.29) is 5.54 Å². The summed E-state index contributed by atoms with van der Waals surface area (Å²) in [6, 6.07) is 0. The zero-order valence-corrected chi connectivity index (χ0v) is 10.8. The van der Waals surface area contributed by atoms with Gasteiger partial charge in [-0.3, -0.25) is 0 Å². The predicted molar refractivity (Wildman–Crippen MR) is 63.6 cm³/mol. The zero-order chi connectivity index (χ0) is 12.3. The molecule has 0 spiro atoms. The number of hydrogen-bond donors (Lipinski definition) is 1. The summed E-state index contributed by atoms with van der Waals surface area (Å²) in [7, 11) is 0. The van der Waals surface area contributed by atoms with Crippen molar-refractivity contribution in [2.75, 3.05) is 19.8 Å². The zero-order valence-electron chi connectivity index (χ0n) is 10.8. The highest BCUT2D eigenvalue weighted by molar-refractivity contribution is 4.99. The van der Waals surface area contributed by atoms with Crippen molar-refractivity contribution in [3.8, 4) is 0 Å². The average molecular weight is 239 g/mol. The van der Waals surface area contributed by atoms with Crippen molar-refractivity contribution in [3.63, 3.8) is 0 Å². The highest BCUT2D eigenvalue weighted by atomic mass is 16.5. The first-order chi connectivity index (χ1) is 8.12. The molecule has 0 saturated carbocycles. The van der Waals surface area contributed by atoms with Gasteiger partial charge in [-0.2, -0.15) is 4.98 Å². The van der Waals surface area contributed by atoms with Crippen LogP contribution >= 0.6 is 0 Å². The van der Waals surface area contributed by atoms with Crippen molar-refractivity contribution in [2.45, 2.75) is 39.2 Å². The quantitative estimate of drug-likeness (QED) is 0.843. The highest BCUT2D eigenvalue weighted by Gasteiger charge is 2.27. The van der Waals surface area contributed by atoms with Crippen LogP contribution in [0.3, 0.4) is 0 Å². The van der Waals surface area contributed by atoms with Crippen LogP contribution in [0.4, 0.5) is 0 Å². The summed E-state index contributed by atoms with van der Waals surface area (Å²) in [6.07, 6.45) is 1.95. The molecule has 1 aromatic heterocycles. The molecule has 0 bridgehead atoms. The van der Waals surface area contributed by atoms with E-state index in [0.717, 1.165) is 38.4 Å². The molecule has 1 aliphatic rings. The van der Waals surface area contributed by atoms with Gasteiger partial charge in [0.15, 0.2) is 5.82 Å². The maximum absolute atomic E-state index is 5.34. The summed E-state index contributed by atoms with van der Waals surface area (Å²) >= 11 is 0. The van der Waals surface area contributed by atoms with Gasteiger partial charge in [-0.05, 0) is 32.7 Å². The fourth-order valence-corrected chi connectivity index (χ4v) is 2.11. The minimum absolute atomic E-state index is 0.258. The summed E-state index contributed by atoms with van der Waals surface area (Å²) in [6.45, 7) is 8.72. The van der Waals surface area contributed by atoms with E-state index in [2.05, 4.69) is 22.4 Å². The first-order valence-corrected chi connectivity index (χ1v) is 6.27. The molecule has 2 heterocycles. The molecule has 1 fully saturated rings. The summed E-state index contributed by atoms with van der Waals surface area (Å²) in [5, 5.41) is 7.37. The first kappa shape index (κ1) is 12.5. The van der Waals surface area contributed by atoms with Crippen LogP contribution in [-0.4, -0.2) is 29.9 Å². The van der Waals surface area contributed by atoms with Gasteiger partial charge in [-0.15, -0.1) is 0 Å². The molecule has 1 unspecified atom stereocenters. The lowest BCUT2D eigenvalue weighted by molar-refractivity contribution is 0.185. The second-order valence-corrected chi connectivity index (χ2v) is 5.10. The molecule has 2 rings (SSSR count). The normalized spacial score (nSPS) is 21.0. The third-order valence-electron chi connectivity index (χ3n) is 3.12. The molecule has 0 aromatic carbocycles. The molecule has 1 N–H and O–H groups in total. The lowest BCUT2D eigenvalue weighted by Crippen LogP contribution is -2.36. The van der Waals surface area contributed by atoms with E-state index in [9.17, 15) is 0 Å². The van der Waals surface area contributed by atoms with Crippen LogP contribution in [0.2, 0.25) is 0 Å². The van der Waals surface area contributed by atoms with E-state index in [1.54, 1.807) is 0 Å². The molecule has 1 atom stereocenters. The lowest BCUT2D eigenvalue weighted by Gasteiger charge is -2.20. The Morgan fingerprint density at radius 3 is 2.94 bits per heavy atom. The second kappa shape index (κ2) is 5.14. The maximum atomic E-state index is 5.34. The number of nitrogens with zero attached hydrogens (tertiary/aromatic N) is 2. The Balaban J connectivity index is 1.99. The summed E-state index contributed by atoms with van der Waals surface area (Å²) < 4.78 is 10.7. The molecule has 1 aliphatic heterocycles. The van der Waals surface area contributed by atoms with Gasteiger partial charge in [-0.1, -0.05) is 12.1 Å². The van der Waals surface area contributed by atoms with Crippen LogP contribution < -0.4 is 5.32 Å². The average Bonchev–Trinajstić information content (AvgIpc) is 2.89. The van der Waals surface area contributed by atoms with Crippen LogP contribution in [-0.2, 0) is 16.7 Å². The van der Waals surface area contributed by atoms with E-state index in [1.807, 2.05) is 13.8 Å². The molecule has 0 aliphatic carbocycles. The Kier molecular flexibility index (Phi) is 3.79. The van der Waals surface area contributed by atoms with Crippen LogP contribution in [0.15, 0.2) is 4.52 Å². The first-order valence-electron chi connectivity index (χ1n) is 6.27. The molecule has 5 heteroatoms. The Bertz CT molecular complexity index is 356. The van der Waals surface area contributed by atoms with Gasteiger partial charge in [-0.25, -0.2) is 0 Å². The Morgan fingerprint density at radius 1 is 1.47 bits per heavy atom. The Labute approximate surface area is 102 Å². The van der Waals surface area contributed by atoms with E-state index >= 15 is 0 Å². The van der Waals surface area contributed by atoms with E-state index in [1.165, 1.54) is 0 Å². The highest BCUT2D eigenvalue weighted by Crippen LogP contribution is 2.20. The standard InChI is InChI=1S/C12H21N3O2/c1-4-13-12(2,3)11-14-10(15-17-11)7-9-5-6-16-8-9/h9,13H,4-8H2,1-3H3. The number of hydrogen-bond acceptors (Lipinski definition) is 5. The third kappa shape index (κ3) is 3.04. The monoisotopic (exact) mass is 239 g/mol. The molecule has 1 aromatic rings. The van der Waals surface area contributed by atoms with Crippen LogP contribution in [0.25, 0.3) is 0 Å². The molecule has 5 nitrogen and oxygen atoms in total. The third-order valence-corrected chi connectivity index (χ3v) is 3.12. The minimum atomic E-state index is -0.258. The fourth-order valence-electron chi connectivity index (χ4n) is 2.11. The van der Waals surface area contributed by atoms with Crippen molar-refractivity contribution < 1.29 is 9.26 Å². The molecule has 0 amide bonds. The van der Waals surface area contributed by atoms with Gasteiger partial charge in [0.1, 0.15) is 0 Å². The van der Waals surface area contributed by atoms with Crippen LogP contribution in [0, 0.1) is 5.92 Å². The van der Waals surface area contributed by atoms with Gasteiger partial charge < -0.3 is 14.6 Å². The topological polar surface area (TPSA) is 60.2 Å². The number of rotatable bonds is 5. The van der Waals surface area contributed by atoms with Gasteiger partial charge in [0.05, 0.1) is 5.54 Å². The van der Waals surface area contributed by atoms with E-state index in [4.69, 9.17) is 9.26 Å². The van der Waals surface area contributed by atoms with Crippen molar-refractivity contribution in [2.24, 2.45) is 5.92 Å². The Hall–Kier alpha value is -0.940. The lowest BCUT2D eigenvalue weighted by atomic mass is 10.0. The van der Waals surface area contributed by atoms with Gasteiger partial charge in [0.25, 0.3) is 0 Å². The van der Waals surface area contributed by atoms with Crippen molar-refractivity contribution in [1.82, 2.24) is 15.5 Å². The largest absolute Gasteiger partial charge is 0.381 e. The summed E-state index contributed by atoms with van der Waals surface area (Å²) in [5.41, 5.74) is -0.258. The van der Waals surface area contributed by atoms with Gasteiger partial charge >= 0.3 is 0 Å². The number of aromatic nitrogens is 2. The second-order valence-electron chi connectivity index (χ2n) is 5.10. The molecular weight excluding hydrogens is 218 g/mol. The molecule has 0 radical (unpaired) electrons. The van der Waals surface area contributed by atoms with E-state index < -0.39 is 0 Å².